The molecule has 0 bridgehead atoms. The van der Waals surface area contributed by atoms with E-state index in [2.05, 4.69) is 27.0 Å². The first-order valence-electron chi connectivity index (χ1n) is 9.00. The van der Waals surface area contributed by atoms with Crippen molar-refractivity contribution >= 4 is 11.3 Å². The van der Waals surface area contributed by atoms with Gasteiger partial charge in [-0.3, -0.25) is 4.90 Å². The van der Waals surface area contributed by atoms with Crippen LogP contribution in [0.5, 0.6) is 0 Å². The number of nitrogens with zero attached hydrogens (tertiary/aromatic N) is 4. The molecule has 6 nitrogen and oxygen atoms in total. The van der Waals surface area contributed by atoms with Gasteiger partial charge in [0.2, 0.25) is 11.8 Å². The van der Waals surface area contributed by atoms with E-state index in [4.69, 9.17) is 8.83 Å². The Bertz CT molecular complexity index is 1010. The molecule has 0 spiro atoms. The Hall–Kier alpha value is -2.84. The Morgan fingerprint density at radius 1 is 1.04 bits per heavy atom. The summed E-state index contributed by atoms with van der Waals surface area (Å²) in [6.45, 7) is 3.98. The highest BCUT2D eigenvalue weighted by Gasteiger charge is 2.16. The molecule has 0 fully saturated rings. The van der Waals surface area contributed by atoms with Crippen LogP contribution in [0.1, 0.15) is 25.1 Å². The molecule has 4 aromatic rings. The van der Waals surface area contributed by atoms with Crippen LogP contribution in [-0.4, -0.2) is 26.6 Å². The van der Waals surface area contributed by atoms with E-state index in [1.54, 1.807) is 29.7 Å². The predicted octanol–water partition coefficient (Wildman–Crippen LogP) is 5.00. The first kappa shape index (κ1) is 18.5. The molecule has 28 heavy (non-hydrogen) atoms. The molecule has 0 atom stereocenters. The highest BCUT2D eigenvalue weighted by molar-refractivity contribution is 7.13. The number of halogens is 1. The van der Waals surface area contributed by atoms with Crippen LogP contribution in [0.3, 0.4) is 0 Å². The minimum atomic E-state index is -0.279. The van der Waals surface area contributed by atoms with E-state index in [1.165, 1.54) is 12.1 Å². The van der Waals surface area contributed by atoms with Crippen LogP contribution in [0.15, 0.2) is 56.8 Å². The van der Waals surface area contributed by atoms with E-state index >= 15 is 0 Å². The highest BCUT2D eigenvalue weighted by atomic mass is 32.1. The van der Waals surface area contributed by atoms with Crippen LogP contribution >= 0.6 is 11.3 Å². The summed E-state index contributed by atoms with van der Waals surface area (Å²) < 4.78 is 24.7. The Kier molecular flexibility index (Phi) is 5.59. The minimum absolute atomic E-state index is 0.279. The number of rotatable bonds is 8. The maximum Gasteiger partial charge on any atom is 0.257 e. The quantitative estimate of drug-likeness (QED) is 0.416. The molecule has 0 aliphatic rings. The van der Waals surface area contributed by atoms with Gasteiger partial charge in [-0.15, -0.1) is 21.5 Å². The monoisotopic (exact) mass is 398 g/mol. The van der Waals surface area contributed by atoms with Crippen molar-refractivity contribution in [3.05, 3.63) is 65.6 Å². The molecule has 0 saturated heterocycles. The zero-order chi connectivity index (χ0) is 19.3. The largest absolute Gasteiger partial charge is 0.439 e. The molecule has 0 aliphatic heterocycles. The number of aromatic nitrogens is 3. The average Bonchev–Trinajstić information content (AvgIpc) is 3.44. The van der Waals surface area contributed by atoms with E-state index in [9.17, 15) is 4.39 Å². The molecule has 0 N–H and O–H groups in total. The zero-order valence-corrected chi connectivity index (χ0v) is 16.2. The molecule has 3 heterocycles. The molecule has 1 aromatic carbocycles. The minimum Gasteiger partial charge on any atom is -0.439 e. The predicted molar refractivity (Wildman–Crippen MR) is 104 cm³/mol. The lowest BCUT2D eigenvalue weighted by Crippen LogP contribution is -2.24. The van der Waals surface area contributed by atoms with Gasteiger partial charge in [-0.1, -0.05) is 13.0 Å². The van der Waals surface area contributed by atoms with Crippen molar-refractivity contribution in [2.75, 3.05) is 6.54 Å². The second kappa shape index (κ2) is 8.45. The van der Waals surface area contributed by atoms with Crippen molar-refractivity contribution < 1.29 is 13.2 Å². The first-order valence-corrected chi connectivity index (χ1v) is 9.88. The topological polar surface area (TPSA) is 68.2 Å². The summed E-state index contributed by atoms with van der Waals surface area (Å²) in [5.41, 5.74) is 0.791. The molecule has 0 amide bonds. The third kappa shape index (κ3) is 4.35. The SMILES string of the molecule is CCCN(Cc1ncc(-c2ccc(F)cc2)o1)Cc1nnc(-c2cccs2)o1. The van der Waals surface area contributed by atoms with E-state index in [0.29, 0.717) is 36.5 Å². The van der Waals surface area contributed by atoms with Crippen LogP contribution in [0.4, 0.5) is 4.39 Å². The molecule has 0 radical (unpaired) electrons. The summed E-state index contributed by atoms with van der Waals surface area (Å²) in [7, 11) is 0. The van der Waals surface area contributed by atoms with E-state index in [-0.39, 0.29) is 5.82 Å². The van der Waals surface area contributed by atoms with Crippen LogP contribution in [0.25, 0.3) is 22.1 Å². The smallest absolute Gasteiger partial charge is 0.257 e. The number of hydrogen-bond acceptors (Lipinski definition) is 7. The lowest BCUT2D eigenvalue weighted by atomic mass is 10.2. The first-order chi connectivity index (χ1) is 13.7. The fraction of sp³-hybridized carbons (Fsp3) is 0.250. The van der Waals surface area contributed by atoms with Crippen molar-refractivity contribution in [1.82, 2.24) is 20.1 Å². The fourth-order valence-corrected chi connectivity index (χ4v) is 3.51. The molecule has 4 rings (SSSR count). The summed E-state index contributed by atoms with van der Waals surface area (Å²) in [4.78, 5) is 7.46. The van der Waals surface area contributed by atoms with Gasteiger partial charge in [0.1, 0.15) is 5.82 Å². The molecule has 0 unspecified atom stereocenters. The number of oxazole rings is 1. The van der Waals surface area contributed by atoms with Crippen molar-refractivity contribution in [3.8, 4) is 22.1 Å². The maximum absolute atomic E-state index is 13.1. The van der Waals surface area contributed by atoms with Gasteiger partial charge in [0.15, 0.2) is 5.76 Å². The zero-order valence-electron chi connectivity index (χ0n) is 15.3. The van der Waals surface area contributed by atoms with E-state index in [1.807, 2.05) is 17.5 Å². The lowest BCUT2D eigenvalue weighted by molar-refractivity contribution is 0.211. The number of hydrogen-bond donors (Lipinski definition) is 0. The summed E-state index contributed by atoms with van der Waals surface area (Å²) in [5.74, 6) is 2.02. The third-order valence-corrected chi connectivity index (χ3v) is 5.00. The summed E-state index contributed by atoms with van der Waals surface area (Å²) in [5, 5.41) is 10.3. The summed E-state index contributed by atoms with van der Waals surface area (Å²) in [6, 6.07) is 10.1. The Morgan fingerprint density at radius 3 is 2.61 bits per heavy atom. The van der Waals surface area contributed by atoms with Crippen molar-refractivity contribution in [1.29, 1.82) is 0 Å². The third-order valence-electron chi connectivity index (χ3n) is 4.14. The number of thiophene rings is 1. The van der Waals surface area contributed by atoms with Crippen molar-refractivity contribution in [2.24, 2.45) is 0 Å². The maximum atomic E-state index is 13.1. The van der Waals surface area contributed by atoms with Gasteiger partial charge in [0.25, 0.3) is 5.89 Å². The van der Waals surface area contributed by atoms with Crippen LogP contribution in [0, 0.1) is 5.82 Å². The summed E-state index contributed by atoms with van der Waals surface area (Å²) >= 11 is 1.56. The molecular formula is C20H19FN4O2S. The van der Waals surface area contributed by atoms with Gasteiger partial charge in [0.05, 0.1) is 24.2 Å². The highest BCUT2D eigenvalue weighted by Crippen LogP contribution is 2.24. The van der Waals surface area contributed by atoms with Crippen LogP contribution < -0.4 is 0 Å². The van der Waals surface area contributed by atoms with Gasteiger partial charge in [-0.2, -0.15) is 0 Å². The van der Waals surface area contributed by atoms with Crippen LogP contribution in [-0.2, 0) is 13.1 Å². The molecule has 3 aromatic heterocycles. The van der Waals surface area contributed by atoms with Gasteiger partial charge >= 0.3 is 0 Å². The molecule has 0 saturated carbocycles. The van der Waals surface area contributed by atoms with Crippen molar-refractivity contribution in [3.63, 3.8) is 0 Å². The Balaban J connectivity index is 1.44. The van der Waals surface area contributed by atoms with E-state index < -0.39 is 0 Å². The Morgan fingerprint density at radius 2 is 1.86 bits per heavy atom. The molecule has 144 valence electrons. The lowest BCUT2D eigenvalue weighted by Gasteiger charge is -2.17. The Labute approximate surface area is 165 Å². The average molecular weight is 398 g/mol. The molecule has 8 heteroatoms. The van der Waals surface area contributed by atoms with Gasteiger partial charge in [0, 0.05) is 5.56 Å². The standard InChI is InChI=1S/C20H19FN4O2S/c1-2-9-25(13-19-23-24-20(27-19)17-4-3-10-28-17)12-18-22-11-16(26-18)14-5-7-15(21)8-6-14/h3-8,10-11H,2,9,12-13H2,1H3. The van der Waals surface area contributed by atoms with E-state index in [0.717, 1.165) is 23.4 Å². The second-order valence-corrected chi connectivity index (χ2v) is 7.26. The van der Waals surface area contributed by atoms with Crippen LogP contribution in [0.2, 0.25) is 0 Å². The molecule has 0 aliphatic carbocycles. The number of benzene rings is 1. The summed E-state index contributed by atoms with van der Waals surface area (Å²) in [6.07, 6.45) is 2.63. The van der Waals surface area contributed by atoms with Gasteiger partial charge < -0.3 is 8.83 Å². The fourth-order valence-electron chi connectivity index (χ4n) is 2.86. The van der Waals surface area contributed by atoms with Gasteiger partial charge in [-0.05, 0) is 48.7 Å². The van der Waals surface area contributed by atoms with Crippen molar-refractivity contribution in [2.45, 2.75) is 26.4 Å². The molecular weight excluding hydrogens is 379 g/mol. The normalized spacial score (nSPS) is 11.4. The second-order valence-electron chi connectivity index (χ2n) is 6.31. The van der Waals surface area contributed by atoms with Gasteiger partial charge in [-0.25, -0.2) is 9.37 Å².